The fraction of sp³-hybridized carbons (Fsp3) is 0.455. The van der Waals surface area contributed by atoms with Crippen molar-refractivity contribution in [3.63, 3.8) is 0 Å². The molecule has 0 aliphatic carbocycles. The molecule has 0 radical (unpaired) electrons. The van der Waals surface area contributed by atoms with E-state index in [0.717, 1.165) is 0 Å². The van der Waals surface area contributed by atoms with Crippen LogP contribution in [0.3, 0.4) is 0 Å². The number of alkyl halides is 1. The second kappa shape index (κ2) is 5.30. The molecule has 0 fully saturated rings. The molecule has 1 aromatic carbocycles. The van der Waals surface area contributed by atoms with Gasteiger partial charge < -0.3 is 4.74 Å². The number of rotatable bonds is 4. The van der Waals surface area contributed by atoms with Gasteiger partial charge in [0.2, 0.25) is 0 Å². The van der Waals surface area contributed by atoms with Crippen LogP contribution in [-0.2, 0) is 0 Å². The Labute approximate surface area is 103 Å². The number of nitro benzene ring substituents is 1. The zero-order valence-corrected chi connectivity index (χ0v) is 11.0. The highest BCUT2D eigenvalue weighted by atomic mass is 79.9. The lowest BCUT2D eigenvalue weighted by atomic mass is 9.96. The summed E-state index contributed by atoms with van der Waals surface area (Å²) in [5, 5.41) is 10.9. The molecular weight excluding hydrogens is 274 g/mol. The minimum atomic E-state index is -0.360. The second-order valence-corrected chi connectivity index (χ2v) is 5.09. The van der Waals surface area contributed by atoms with E-state index in [2.05, 4.69) is 15.9 Å². The van der Waals surface area contributed by atoms with Gasteiger partial charge in [-0.3, -0.25) is 10.1 Å². The third-order valence-electron chi connectivity index (χ3n) is 2.61. The average Bonchev–Trinajstić information content (AvgIpc) is 2.26. The van der Waals surface area contributed by atoms with Crippen LogP contribution in [0.25, 0.3) is 0 Å². The van der Waals surface area contributed by atoms with Crippen molar-refractivity contribution in [2.75, 3.05) is 7.11 Å². The van der Waals surface area contributed by atoms with E-state index in [4.69, 9.17) is 4.74 Å². The van der Waals surface area contributed by atoms with Crippen LogP contribution >= 0.6 is 15.9 Å². The molecule has 0 aliphatic rings. The molecule has 88 valence electrons. The van der Waals surface area contributed by atoms with Crippen LogP contribution in [0.2, 0.25) is 0 Å². The van der Waals surface area contributed by atoms with Crippen molar-refractivity contribution in [3.05, 3.63) is 33.9 Å². The summed E-state index contributed by atoms with van der Waals surface area (Å²) in [5.41, 5.74) is 0.827. The molecule has 0 saturated carbocycles. The van der Waals surface area contributed by atoms with E-state index in [-0.39, 0.29) is 21.4 Å². The van der Waals surface area contributed by atoms with Gasteiger partial charge in [0.1, 0.15) is 5.75 Å². The van der Waals surface area contributed by atoms with E-state index in [1.54, 1.807) is 19.2 Å². The van der Waals surface area contributed by atoms with Gasteiger partial charge in [-0.05, 0) is 12.1 Å². The van der Waals surface area contributed by atoms with E-state index in [9.17, 15) is 10.1 Å². The smallest absolute Gasteiger partial charge is 0.273 e. The molecule has 0 saturated heterocycles. The number of nitro groups is 1. The first-order valence-electron chi connectivity index (χ1n) is 4.93. The molecule has 1 rings (SSSR count). The van der Waals surface area contributed by atoms with Gasteiger partial charge in [0.25, 0.3) is 5.69 Å². The van der Waals surface area contributed by atoms with E-state index < -0.39 is 0 Å². The fourth-order valence-corrected chi connectivity index (χ4v) is 1.72. The first kappa shape index (κ1) is 13.0. The van der Waals surface area contributed by atoms with Gasteiger partial charge >= 0.3 is 0 Å². The lowest BCUT2D eigenvalue weighted by Crippen LogP contribution is -2.07. The third-order valence-corrected chi connectivity index (χ3v) is 3.40. The quantitative estimate of drug-likeness (QED) is 0.484. The molecule has 16 heavy (non-hydrogen) atoms. The SMILES string of the molecule is COc1ccc([N+](=O)[O-])c(C(C)C(C)Br)c1. The van der Waals surface area contributed by atoms with E-state index in [1.165, 1.54) is 6.07 Å². The molecule has 0 aromatic heterocycles. The van der Waals surface area contributed by atoms with Gasteiger partial charge in [-0.1, -0.05) is 29.8 Å². The van der Waals surface area contributed by atoms with Crippen LogP contribution in [0, 0.1) is 10.1 Å². The Kier molecular flexibility index (Phi) is 4.29. The van der Waals surface area contributed by atoms with Crippen LogP contribution in [-0.4, -0.2) is 16.9 Å². The molecule has 2 atom stereocenters. The summed E-state index contributed by atoms with van der Waals surface area (Å²) in [6.45, 7) is 3.91. The van der Waals surface area contributed by atoms with E-state index in [0.29, 0.717) is 11.3 Å². The molecule has 0 bridgehead atoms. The monoisotopic (exact) mass is 287 g/mol. The van der Waals surface area contributed by atoms with Crippen molar-refractivity contribution in [2.45, 2.75) is 24.6 Å². The number of hydrogen-bond acceptors (Lipinski definition) is 3. The lowest BCUT2D eigenvalue weighted by molar-refractivity contribution is -0.385. The van der Waals surface area contributed by atoms with Gasteiger partial charge in [-0.15, -0.1) is 0 Å². The number of hydrogen-bond donors (Lipinski definition) is 0. The number of nitrogens with zero attached hydrogens (tertiary/aromatic N) is 1. The molecule has 0 heterocycles. The predicted octanol–water partition coefficient (Wildman–Crippen LogP) is 3.49. The Balaban J connectivity index is 3.25. The zero-order valence-electron chi connectivity index (χ0n) is 9.44. The Morgan fingerprint density at radius 2 is 2.06 bits per heavy atom. The molecule has 0 spiro atoms. The van der Waals surface area contributed by atoms with Crippen molar-refractivity contribution >= 4 is 21.6 Å². The lowest BCUT2D eigenvalue weighted by Gasteiger charge is -2.15. The molecule has 4 nitrogen and oxygen atoms in total. The van der Waals surface area contributed by atoms with Crippen LogP contribution in [0.1, 0.15) is 25.3 Å². The normalized spacial score (nSPS) is 14.2. The summed E-state index contributed by atoms with van der Waals surface area (Å²) < 4.78 is 5.08. The molecule has 5 heteroatoms. The minimum absolute atomic E-state index is 0.0514. The summed E-state index contributed by atoms with van der Waals surface area (Å²) in [5.74, 6) is 0.691. The van der Waals surface area contributed by atoms with Gasteiger partial charge in [-0.2, -0.15) is 0 Å². The van der Waals surface area contributed by atoms with Crippen molar-refractivity contribution in [1.82, 2.24) is 0 Å². The predicted molar refractivity (Wildman–Crippen MR) is 66.5 cm³/mol. The highest BCUT2D eigenvalue weighted by Gasteiger charge is 2.22. The van der Waals surface area contributed by atoms with Gasteiger partial charge in [0.15, 0.2) is 0 Å². The Hall–Kier alpha value is -1.10. The van der Waals surface area contributed by atoms with Gasteiger partial charge in [0, 0.05) is 22.4 Å². The largest absolute Gasteiger partial charge is 0.497 e. The van der Waals surface area contributed by atoms with Crippen LogP contribution < -0.4 is 4.74 Å². The third kappa shape index (κ3) is 2.72. The highest BCUT2D eigenvalue weighted by Crippen LogP contribution is 2.34. The Bertz CT molecular complexity index is 393. The molecule has 2 unspecified atom stereocenters. The van der Waals surface area contributed by atoms with Crippen molar-refractivity contribution in [2.24, 2.45) is 0 Å². The van der Waals surface area contributed by atoms with Gasteiger partial charge in [-0.25, -0.2) is 0 Å². The zero-order chi connectivity index (χ0) is 12.3. The topological polar surface area (TPSA) is 52.4 Å². The summed E-state index contributed by atoms with van der Waals surface area (Å²) in [6, 6.07) is 4.81. The molecular formula is C11H14BrNO3. The van der Waals surface area contributed by atoms with Crippen molar-refractivity contribution < 1.29 is 9.66 Å². The van der Waals surface area contributed by atoms with E-state index >= 15 is 0 Å². The maximum atomic E-state index is 10.9. The first-order chi connectivity index (χ1) is 7.47. The van der Waals surface area contributed by atoms with Crippen LogP contribution in [0.15, 0.2) is 18.2 Å². The fourth-order valence-electron chi connectivity index (χ4n) is 1.44. The summed E-state index contributed by atoms with van der Waals surface area (Å²) in [4.78, 5) is 10.7. The van der Waals surface area contributed by atoms with Crippen molar-refractivity contribution in [1.29, 1.82) is 0 Å². The Morgan fingerprint density at radius 3 is 2.50 bits per heavy atom. The number of halogens is 1. The Morgan fingerprint density at radius 1 is 1.44 bits per heavy atom. The van der Waals surface area contributed by atoms with Gasteiger partial charge in [0.05, 0.1) is 12.0 Å². The van der Waals surface area contributed by atoms with Crippen LogP contribution in [0.4, 0.5) is 5.69 Å². The molecule has 0 aliphatic heterocycles. The maximum Gasteiger partial charge on any atom is 0.273 e. The highest BCUT2D eigenvalue weighted by molar-refractivity contribution is 9.09. The number of benzene rings is 1. The number of ether oxygens (including phenoxy) is 1. The summed E-state index contributed by atoms with van der Waals surface area (Å²) >= 11 is 3.44. The average molecular weight is 288 g/mol. The van der Waals surface area contributed by atoms with Crippen molar-refractivity contribution in [3.8, 4) is 5.75 Å². The van der Waals surface area contributed by atoms with Crippen LogP contribution in [0.5, 0.6) is 5.75 Å². The second-order valence-electron chi connectivity index (χ2n) is 3.65. The number of methoxy groups -OCH3 is 1. The standard InChI is InChI=1S/C11H14BrNO3/c1-7(8(2)12)10-6-9(16-3)4-5-11(10)13(14)15/h4-8H,1-3H3. The molecule has 1 aromatic rings. The molecule has 0 amide bonds. The summed E-state index contributed by atoms with van der Waals surface area (Å²) in [6.07, 6.45) is 0. The molecule has 0 N–H and O–H groups in total. The first-order valence-corrected chi connectivity index (χ1v) is 5.85. The maximum absolute atomic E-state index is 10.9. The minimum Gasteiger partial charge on any atom is -0.497 e. The van der Waals surface area contributed by atoms with E-state index in [1.807, 2.05) is 13.8 Å². The summed E-state index contributed by atoms with van der Waals surface area (Å²) in [7, 11) is 1.55.